The molecule has 0 saturated heterocycles. The molecule has 1 aromatic heterocycles. The van der Waals surface area contributed by atoms with Gasteiger partial charge in [0.2, 0.25) is 5.88 Å². The van der Waals surface area contributed by atoms with Crippen LogP contribution >= 0.6 is 15.9 Å². The van der Waals surface area contributed by atoms with Gasteiger partial charge in [-0.2, -0.15) is 0 Å². The molecule has 0 fully saturated rings. The van der Waals surface area contributed by atoms with Crippen LogP contribution in [0.2, 0.25) is 0 Å². The van der Waals surface area contributed by atoms with Gasteiger partial charge in [0.25, 0.3) is 0 Å². The second-order valence-electron chi connectivity index (χ2n) is 4.11. The largest absolute Gasteiger partial charge is 0.475 e. The second-order valence-corrected chi connectivity index (χ2v) is 4.96. The van der Waals surface area contributed by atoms with Gasteiger partial charge in [0.1, 0.15) is 6.61 Å². The Morgan fingerprint density at radius 2 is 1.80 bits per heavy atom. The molecule has 4 nitrogen and oxygen atoms in total. The predicted molar refractivity (Wildman–Crippen MR) is 82.3 cm³/mol. The fourth-order valence-electron chi connectivity index (χ4n) is 1.82. The zero-order valence-electron chi connectivity index (χ0n) is 11.5. The van der Waals surface area contributed by atoms with Crippen LogP contribution in [0.15, 0.2) is 34.9 Å². The highest BCUT2D eigenvalue weighted by atomic mass is 79.9. The van der Waals surface area contributed by atoms with Crippen molar-refractivity contribution in [1.82, 2.24) is 4.98 Å². The summed E-state index contributed by atoms with van der Waals surface area (Å²) in [4.78, 5) is 4.27. The van der Waals surface area contributed by atoms with Crippen molar-refractivity contribution in [2.24, 2.45) is 0 Å². The number of fused-ring (bicyclic) bond motifs is 1. The Bertz CT molecular complexity index is 548. The summed E-state index contributed by atoms with van der Waals surface area (Å²) in [5, 5.41) is 2.09. The normalized spacial score (nSPS) is 10.9. The van der Waals surface area contributed by atoms with E-state index in [0.29, 0.717) is 38.9 Å². The van der Waals surface area contributed by atoms with E-state index in [2.05, 4.69) is 20.9 Å². The Morgan fingerprint density at radius 3 is 2.65 bits per heavy atom. The van der Waals surface area contributed by atoms with E-state index < -0.39 is 0 Å². The Morgan fingerprint density at radius 1 is 1.00 bits per heavy atom. The second kappa shape index (κ2) is 8.19. The average molecular weight is 340 g/mol. The molecule has 0 aliphatic heterocycles. The van der Waals surface area contributed by atoms with Crippen LogP contribution in [0, 0.1) is 0 Å². The highest BCUT2D eigenvalue weighted by Gasteiger charge is 2.05. The van der Waals surface area contributed by atoms with Gasteiger partial charge in [0.05, 0.1) is 19.8 Å². The van der Waals surface area contributed by atoms with Gasteiger partial charge >= 0.3 is 0 Å². The number of benzene rings is 1. The van der Waals surface area contributed by atoms with Crippen LogP contribution < -0.4 is 4.74 Å². The van der Waals surface area contributed by atoms with Crippen molar-refractivity contribution in [3.05, 3.63) is 34.9 Å². The van der Waals surface area contributed by atoms with E-state index in [0.717, 1.165) is 15.2 Å². The third-order valence-electron chi connectivity index (χ3n) is 2.76. The Hall–Kier alpha value is -1.17. The molecule has 0 bridgehead atoms. The summed E-state index contributed by atoms with van der Waals surface area (Å²) in [5.41, 5.74) is 0. The summed E-state index contributed by atoms with van der Waals surface area (Å²) in [7, 11) is 0. The van der Waals surface area contributed by atoms with E-state index in [1.54, 1.807) is 6.20 Å². The quantitative estimate of drug-likeness (QED) is 0.691. The number of aromatic nitrogens is 1. The van der Waals surface area contributed by atoms with Crippen LogP contribution in [-0.2, 0) is 9.47 Å². The number of ether oxygens (including phenoxy) is 3. The average Bonchev–Trinajstić information content (AvgIpc) is 2.47. The minimum atomic E-state index is 0.477. The number of hydrogen-bond acceptors (Lipinski definition) is 4. The predicted octanol–water partition coefficient (Wildman–Crippen LogP) is 3.43. The monoisotopic (exact) mass is 339 g/mol. The minimum absolute atomic E-state index is 0.477. The van der Waals surface area contributed by atoms with Gasteiger partial charge in [-0.15, -0.1) is 0 Å². The van der Waals surface area contributed by atoms with Crippen molar-refractivity contribution in [1.29, 1.82) is 0 Å². The number of hydrogen-bond donors (Lipinski definition) is 0. The molecule has 0 unspecified atom stereocenters. The minimum Gasteiger partial charge on any atom is -0.475 e. The molecule has 5 heteroatoms. The molecule has 0 saturated carbocycles. The lowest BCUT2D eigenvalue weighted by molar-refractivity contribution is 0.0401. The van der Waals surface area contributed by atoms with E-state index in [1.165, 1.54) is 0 Å². The fourth-order valence-corrected chi connectivity index (χ4v) is 2.32. The maximum atomic E-state index is 5.68. The molecule has 1 aromatic carbocycles. The molecule has 20 heavy (non-hydrogen) atoms. The lowest BCUT2D eigenvalue weighted by Gasteiger charge is -2.09. The number of halogens is 1. The van der Waals surface area contributed by atoms with E-state index in [9.17, 15) is 0 Å². The molecule has 0 amide bonds. The summed E-state index contributed by atoms with van der Waals surface area (Å²) < 4.78 is 17.3. The van der Waals surface area contributed by atoms with Gasteiger partial charge in [0, 0.05) is 28.0 Å². The molecule has 0 aliphatic rings. The summed E-state index contributed by atoms with van der Waals surface area (Å²) in [6, 6.07) is 7.94. The molecule has 0 spiro atoms. The summed E-state index contributed by atoms with van der Waals surface area (Å²) >= 11 is 3.53. The summed E-state index contributed by atoms with van der Waals surface area (Å²) in [5.74, 6) is 0.636. The first kappa shape index (κ1) is 15.2. The van der Waals surface area contributed by atoms with E-state index in [1.807, 2.05) is 31.2 Å². The molecule has 108 valence electrons. The van der Waals surface area contributed by atoms with Crippen LogP contribution in [0.5, 0.6) is 5.88 Å². The zero-order valence-corrected chi connectivity index (χ0v) is 13.1. The highest BCUT2D eigenvalue weighted by Crippen LogP contribution is 2.28. The SMILES string of the molecule is CCOCCOCCOc1nccc2c(Br)cccc12. The van der Waals surface area contributed by atoms with Gasteiger partial charge in [-0.05, 0) is 25.1 Å². The topological polar surface area (TPSA) is 40.6 Å². The molecule has 0 radical (unpaired) electrons. The molecule has 0 N–H and O–H groups in total. The molecule has 1 heterocycles. The van der Waals surface area contributed by atoms with Gasteiger partial charge in [0.15, 0.2) is 0 Å². The Kier molecular flexibility index (Phi) is 6.24. The van der Waals surface area contributed by atoms with Crippen LogP contribution in [0.25, 0.3) is 10.8 Å². The molecular formula is C15H18BrNO3. The molecular weight excluding hydrogens is 322 g/mol. The van der Waals surface area contributed by atoms with Crippen LogP contribution in [0.4, 0.5) is 0 Å². The zero-order chi connectivity index (χ0) is 14.2. The molecule has 2 rings (SSSR count). The lowest BCUT2D eigenvalue weighted by atomic mass is 10.2. The van der Waals surface area contributed by atoms with Crippen molar-refractivity contribution in [3.63, 3.8) is 0 Å². The van der Waals surface area contributed by atoms with Gasteiger partial charge in [-0.3, -0.25) is 0 Å². The maximum absolute atomic E-state index is 5.68. The number of rotatable bonds is 8. The third kappa shape index (κ3) is 4.16. The van der Waals surface area contributed by atoms with E-state index >= 15 is 0 Å². The van der Waals surface area contributed by atoms with Gasteiger partial charge in [-0.1, -0.05) is 22.0 Å². The fraction of sp³-hybridized carbons (Fsp3) is 0.400. The van der Waals surface area contributed by atoms with Crippen molar-refractivity contribution < 1.29 is 14.2 Å². The van der Waals surface area contributed by atoms with Gasteiger partial charge < -0.3 is 14.2 Å². The first-order valence-electron chi connectivity index (χ1n) is 6.64. The molecule has 0 aliphatic carbocycles. The lowest BCUT2D eigenvalue weighted by Crippen LogP contribution is -2.11. The number of pyridine rings is 1. The Balaban J connectivity index is 1.86. The van der Waals surface area contributed by atoms with Crippen molar-refractivity contribution in [2.45, 2.75) is 6.92 Å². The summed E-state index contributed by atoms with van der Waals surface area (Å²) in [6.45, 7) is 4.90. The first-order chi connectivity index (χ1) is 9.83. The van der Waals surface area contributed by atoms with Gasteiger partial charge in [-0.25, -0.2) is 4.98 Å². The number of nitrogens with zero attached hydrogens (tertiary/aromatic N) is 1. The molecule has 0 atom stereocenters. The van der Waals surface area contributed by atoms with Crippen molar-refractivity contribution in [2.75, 3.05) is 33.0 Å². The van der Waals surface area contributed by atoms with Crippen molar-refractivity contribution in [3.8, 4) is 5.88 Å². The van der Waals surface area contributed by atoms with Crippen LogP contribution in [0.1, 0.15) is 6.92 Å². The third-order valence-corrected chi connectivity index (χ3v) is 3.45. The Labute approximate surface area is 127 Å². The standard InChI is InChI=1S/C15H18BrNO3/c1-2-18-8-9-19-10-11-20-15-13-4-3-5-14(16)12(13)6-7-17-15/h3-7H,2,8-11H2,1H3. The first-order valence-corrected chi connectivity index (χ1v) is 7.43. The highest BCUT2D eigenvalue weighted by molar-refractivity contribution is 9.10. The van der Waals surface area contributed by atoms with E-state index in [4.69, 9.17) is 14.2 Å². The maximum Gasteiger partial charge on any atom is 0.221 e. The van der Waals surface area contributed by atoms with E-state index in [-0.39, 0.29) is 0 Å². The molecule has 2 aromatic rings. The summed E-state index contributed by atoms with van der Waals surface area (Å²) in [6.07, 6.45) is 1.75. The van der Waals surface area contributed by atoms with Crippen LogP contribution in [0.3, 0.4) is 0 Å². The van der Waals surface area contributed by atoms with Crippen LogP contribution in [-0.4, -0.2) is 38.0 Å². The smallest absolute Gasteiger partial charge is 0.221 e. The van der Waals surface area contributed by atoms with Crippen molar-refractivity contribution >= 4 is 26.7 Å².